The average Bonchev–Trinajstić information content (AvgIpc) is 3.14. The number of hydrogen-bond donors (Lipinski definition) is 2. The fourth-order valence-electron chi connectivity index (χ4n) is 1.99. The highest BCUT2D eigenvalue weighted by Crippen LogP contribution is 2.33. The smallest absolute Gasteiger partial charge is 0.305 e. The lowest BCUT2D eigenvalue weighted by Gasteiger charge is -2.25. The lowest BCUT2D eigenvalue weighted by molar-refractivity contribution is -0.136. The Kier molecular flexibility index (Phi) is 4.17. The Morgan fingerprint density at radius 2 is 2.00 bits per heavy atom. The first-order valence-electron chi connectivity index (χ1n) is 6.47. The fourth-order valence-corrected chi connectivity index (χ4v) is 3.94. The van der Waals surface area contributed by atoms with E-state index in [1.807, 2.05) is 0 Å². The maximum Gasteiger partial charge on any atom is 0.305 e. The van der Waals surface area contributed by atoms with Crippen molar-refractivity contribution in [3.63, 3.8) is 0 Å². The second-order valence-electron chi connectivity index (χ2n) is 5.00. The van der Waals surface area contributed by atoms with E-state index in [4.69, 9.17) is 10.8 Å². The molecule has 1 aromatic rings. The molecule has 3 N–H and O–H groups in total. The molecule has 0 spiro atoms. The zero-order valence-electron chi connectivity index (χ0n) is 11.0. The second-order valence-corrected chi connectivity index (χ2v) is 6.93. The number of carboxylic acids is 1. The van der Waals surface area contributed by atoms with Crippen LogP contribution < -0.4 is 10.0 Å². The van der Waals surface area contributed by atoms with Crippen LogP contribution in [0.4, 0.5) is 11.4 Å². The summed E-state index contributed by atoms with van der Waals surface area (Å²) in [5.74, 6) is -0.788. The molecule has 0 aliphatic heterocycles. The van der Waals surface area contributed by atoms with Crippen LogP contribution in [0.25, 0.3) is 0 Å². The van der Waals surface area contributed by atoms with E-state index in [9.17, 15) is 13.2 Å². The van der Waals surface area contributed by atoms with E-state index in [1.54, 1.807) is 24.3 Å². The third kappa shape index (κ3) is 3.63. The van der Waals surface area contributed by atoms with Gasteiger partial charge in [-0.3, -0.25) is 9.10 Å². The van der Waals surface area contributed by atoms with Crippen LogP contribution in [0.15, 0.2) is 24.3 Å². The summed E-state index contributed by atoms with van der Waals surface area (Å²) in [6.45, 7) is -0.0986. The van der Waals surface area contributed by atoms with E-state index < -0.39 is 16.0 Å². The third-order valence-electron chi connectivity index (χ3n) is 3.21. The number of nitrogen functional groups attached to an aromatic ring is 1. The molecule has 0 radical (unpaired) electrons. The Morgan fingerprint density at radius 1 is 1.35 bits per heavy atom. The number of carboxylic acid groups (broad SMARTS) is 1. The first kappa shape index (κ1) is 14.6. The van der Waals surface area contributed by atoms with Crippen molar-refractivity contribution in [3.05, 3.63) is 24.3 Å². The number of carbonyl (C=O) groups is 1. The van der Waals surface area contributed by atoms with Crippen molar-refractivity contribution >= 4 is 27.4 Å². The number of anilines is 2. The molecule has 1 aliphatic rings. The summed E-state index contributed by atoms with van der Waals surface area (Å²) in [7, 11) is -3.54. The number of para-hydroxylation sites is 2. The molecule has 7 heteroatoms. The van der Waals surface area contributed by atoms with E-state index in [-0.39, 0.29) is 24.6 Å². The van der Waals surface area contributed by atoms with Crippen molar-refractivity contribution in [3.8, 4) is 0 Å². The summed E-state index contributed by atoms with van der Waals surface area (Å²) in [6, 6.07) is 6.60. The van der Waals surface area contributed by atoms with Gasteiger partial charge < -0.3 is 10.8 Å². The molecule has 1 fully saturated rings. The molecule has 0 atom stereocenters. The first-order valence-corrected chi connectivity index (χ1v) is 8.08. The molecule has 2 rings (SSSR count). The monoisotopic (exact) mass is 298 g/mol. The largest absolute Gasteiger partial charge is 0.481 e. The number of rotatable bonds is 7. The minimum absolute atomic E-state index is 0.0565. The molecule has 6 nitrogen and oxygen atoms in total. The van der Waals surface area contributed by atoms with Gasteiger partial charge in [0, 0.05) is 6.54 Å². The maximum atomic E-state index is 12.4. The molecule has 1 aromatic carbocycles. The van der Waals surface area contributed by atoms with Gasteiger partial charge >= 0.3 is 5.97 Å². The molecule has 0 heterocycles. The standard InChI is InChI=1S/C13H18N2O4S/c14-11-3-1-2-4-12(11)15(8-7-13(16)17)20(18,19)9-10-5-6-10/h1-4,10H,5-9,14H2,(H,16,17). The van der Waals surface area contributed by atoms with E-state index in [0.29, 0.717) is 11.4 Å². The lowest BCUT2D eigenvalue weighted by atomic mass is 10.2. The highest BCUT2D eigenvalue weighted by atomic mass is 32.2. The van der Waals surface area contributed by atoms with Crippen LogP contribution in [0.1, 0.15) is 19.3 Å². The summed E-state index contributed by atoms with van der Waals surface area (Å²) in [5.41, 5.74) is 6.50. The van der Waals surface area contributed by atoms with E-state index in [1.165, 1.54) is 0 Å². The summed E-state index contributed by atoms with van der Waals surface area (Å²) in [6.07, 6.45) is 1.57. The molecular formula is C13H18N2O4S. The van der Waals surface area contributed by atoms with Gasteiger partial charge in [-0.05, 0) is 30.9 Å². The van der Waals surface area contributed by atoms with Crippen LogP contribution in [-0.2, 0) is 14.8 Å². The summed E-state index contributed by atoms with van der Waals surface area (Å²) >= 11 is 0. The Balaban J connectivity index is 2.28. The molecule has 0 saturated heterocycles. The van der Waals surface area contributed by atoms with Gasteiger partial charge in [0.25, 0.3) is 0 Å². The van der Waals surface area contributed by atoms with Crippen molar-refractivity contribution < 1.29 is 18.3 Å². The maximum absolute atomic E-state index is 12.4. The van der Waals surface area contributed by atoms with Crippen LogP contribution in [0, 0.1) is 5.92 Å². The molecule has 0 bridgehead atoms. The van der Waals surface area contributed by atoms with E-state index >= 15 is 0 Å². The van der Waals surface area contributed by atoms with Gasteiger partial charge in [0.2, 0.25) is 10.0 Å². The van der Waals surface area contributed by atoms with Gasteiger partial charge in [0.1, 0.15) is 0 Å². The SMILES string of the molecule is Nc1ccccc1N(CCC(=O)O)S(=O)(=O)CC1CC1. The molecule has 110 valence electrons. The highest BCUT2D eigenvalue weighted by molar-refractivity contribution is 7.92. The van der Waals surface area contributed by atoms with Crippen molar-refractivity contribution in [2.45, 2.75) is 19.3 Å². The number of nitrogens with zero attached hydrogens (tertiary/aromatic N) is 1. The normalized spacial score (nSPS) is 15.0. The number of sulfonamides is 1. The third-order valence-corrected chi connectivity index (χ3v) is 5.16. The molecule has 0 unspecified atom stereocenters. The zero-order valence-corrected chi connectivity index (χ0v) is 11.8. The fraction of sp³-hybridized carbons (Fsp3) is 0.462. The van der Waals surface area contributed by atoms with Gasteiger partial charge in [-0.1, -0.05) is 12.1 Å². The van der Waals surface area contributed by atoms with Crippen molar-refractivity contribution in [1.82, 2.24) is 0 Å². The number of nitrogens with two attached hydrogens (primary N) is 1. The highest BCUT2D eigenvalue weighted by Gasteiger charge is 2.32. The van der Waals surface area contributed by atoms with Crippen LogP contribution in [0.3, 0.4) is 0 Å². The van der Waals surface area contributed by atoms with Crippen LogP contribution in [0.2, 0.25) is 0 Å². The molecule has 0 amide bonds. The Bertz CT molecular complexity index is 596. The Labute approximate surface area is 118 Å². The molecule has 1 saturated carbocycles. The number of benzene rings is 1. The molecule has 0 aromatic heterocycles. The van der Waals surface area contributed by atoms with Gasteiger partial charge in [0.15, 0.2) is 0 Å². The van der Waals surface area contributed by atoms with E-state index in [0.717, 1.165) is 17.1 Å². The Hall–Kier alpha value is -1.76. The van der Waals surface area contributed by atoms with Crippen LogP contribution in [-0.4, -0.2) is 31.8 Å². The minimum atomic E-state index is -3.54. The Morgan fingerprint density at radius 3 is 2.55 bits per heavy atom. The predicted molar refractivity (Wildman–Crippen MR) is 77.0 cm³/mol. The van der Waals surface area contributed by atoms with E-state index in [2.05, 4.69) is 0 Å². The average molecular weight is 298 g/mol. The predicted octanol–water partition coefficient (Wildman–Crippen LogP) is 1.29. The van der Waals surface area contributed by atoms with Gasteiger partial charge in [-0.2, -0.15) is 0 Å². The first-order chi connectivity index (χ1) is 9.40. The summed E-state index contributed by atoms with van der Waals surface area (Å²) in [5, 5.41) is 8.79. The van der Waals surface area contributed by atoms with Crippen molar-refractivity contribution in [2.24, 2.45) is 5.92 Å². The summed E-state index contributed by atoms with van der Waals surface area (Å²) in [4.78, 5) is 10.7. The second kappa shape index (κ2) is 5.70. The molecule has 1 aliphatic carbocycles. The molecule has 20 heavy (non-hydrogen) atoms. The molecular weight excluding hydrogens is 280 g/mol. The topological polar surface area (TPSA) is 101 Å². The lowest BCUT2D eigenvalue weighted by Crippen LogP contribution is -2.36. The zero-order chi connectivity index (χ0) is 14.8. The van der Waals surface area contributed by atoms with Gasteiger partial charge in [0.05, 0.1) is 23.5 Å². The number of hydrogen-bond acceptors (Lipinski definition) is 4. The van der Waals surface area contributed by atoms with Crippen molar-refractivity contribution in [1.29, 1.82) is 0 Å². The van der Waals surface area contributed by atoms with Crippen molar-refractivity contribution in [2.75, 3.05) is 22.3 Å². The van der Waals surface area contributed by atoms with Gasteiger partial charge in [-0.25, -0.2) is 8.42 Å². The van der Waals surface area contributed by atoms with Crippen LogP contribution in [0.5, 0.6) is 0 Å². The van der Waals surface area contributed by atoms with Gasteiger partial charge in [-0.15, -0.1) is 0 Å². The minimum Gasteiger partial charge on any atom is -0.481 e. The quantitative estimate of drug-likeness (QED) is 0.739. The van der Waals surface area contributed by atoms with Crippen LogP contribution >= 0.6 is 0 Å². The number of aliphatic carboxylic acids is 1. The summed E-state index contributed by atoms with van der Waals surface area (Å²) < 4.78 is 26.0.